The molecule has 0 aliphatic carbocycles. The molecule has 0 saturated carbocycles. The zero-order valence-electron chi connectivity index (χ0n) is 10.1. The summed E-state index contributed by atoms with van der Waals surface area (Å²) in [7, 11) is 3.69. The molecule has 6 heteroatoms. The third kappa shape index (κ3) is 8.19. The van der Waals surface area contributed by atoms with Crippen LogP contribution in [0.2, 0.25) is 0 Å². The van der Waals surface area contributed by atoms with Gasteiger partial charge in [0.2, 0.25) is 0 Å². The molecule has 6 nitrogen and oxygen atoms in total. The largest absolute Gasteiger partial charge is 0.348 e. The van der Waals surface area contributed by atoms with Crippen molar-refractivity contribution in [3.05, 3.63) is 0 Å². The van der Waals surface area contributed by atoms with E-state index >= 15 is 0 Å². The van der Waals surface area contributed by atoms with E-state index in [1.165, 1.54) is 0 Å². The first-order valence-corrected chi connectivity index (χ1v) is 5.57. The van der Waals surface area contributed by atoms with Gasteiger partial charge in [0.15, 0.2) is 0 Å². The van der Waals surface area contributed by atoms with Crippen LogP contribution in [0.3, 0.4) is 0 Å². The van der Waals surface area contributed by atoms with Gasteiger partial charge in [0.05, 0.1) is 0 Å². The van der Waals surface area contributed by atoms with Crippen molar-refractivity contribution >= 4 is 11.8 Å². The van der Waals surface area contributed by atoms with Gasteiger partial charge in [-0.1, -0.05) is 0 Å². The molecule has 16 heavy (non-hydrogen) atoms. The third-order valence-electron chi connectivity index (χ3n) is 1.98. The summed E-state index contributed by atoms with van der Waals surface area (Å²) in [5, 5.41) is 11.0. The zero-order valence-corrected chi connectivity index (χ0v) is 10.1. The Hall–Kier alpha value is -1.14. The number of hydrogen-bond donors (Lipinski definition) is 4. The molecule has 0 aromatic carbocycles. The Morgan fingerprint density at radius 2 is 1.12 bits per heavy atom. The van der Waals surface area contributed by atoms with Crippen LogP contribution >= 0.6 is 0 Å². The Bertz CT molecular complexity index is 187. The van der Waals surface area contributed by atoms with Crippen molar-refractivity contribution in [1.82, 2.24) is 21.3 Å². The lowest BCUT2D eigenvalue weighted by atomic mass is 10.4. The van der Waals surface area contributed by atoms with Crippen molar-refractivity contribution in [3.8, 4) is 0 Å². The van der Waals surface area contributed by atoms with Crippen LogP contribution in [0, 0.1) is 0 Å². The van der Waals surface area contributed by atoms with E-state index in [0.29, 0.717) is 13.1 Å². The van der Waals surface area contributed by atoms with Crippen molar-refractivity contribution in [1.29, 1.82) is 0 Å². The molecular weight excluding hydrogens is 208 g/mol. The van der Waals surface area contributed by atoms with Crippen LogP contribution in [0.1, 0.15) is 12.8 Å². The highest BCUT2D eigenvalue weighted by atomic mass is 16.2. The second kappa shape index (κ2) is 10.4. The zero-order chi connectivity index (χ0) is 12.2. The fourth-order valence-electron chi connectivity index (χ4n) is 1.09. The molecule has 0 aliphatic heterocycles. The molecule has 0 heterocycles. The van der Waals surface area contributed by atoms with Gasteiger partial charge in [-0.3, -0.25) is 9.59 Å². The Morgan fingerprint density at radius 1 is 0.750 bits per heavy atom. The Morgan fingerprint density at radius 3 is 1.44 bits per heavy atom. The van der Waals surface area contributed by atoms with Crippen molar-refractivity contribution in [2.45, 2.75) is 12.8 Å². The summed E-state index contributed by atoms with van der Waals surface area (Å²) >= 11 is 0. The normalized spacial score (nSPS) is 9.88. The number of amides is 2. The first-order valence-electron chi connectivity index (χ1n) is 5.57. The molecule has 0 unspecified atom stereocenters. The highest BCUT2D eigenvalue weighted by Crippen LogP contribution is 1.76. The van der Waals surface area contributed by atoms with Gasteiger partial charge in [0.25, 0.3) is 0 Å². The number of nitrogens with one attached hydrogen (secondary N) is 4. The minimum atomic E-state index is -0.555. The van der Waals surface area contributed by atoms with Crippen LogP contribution in [-0.4, -0.2) is 52.1 Å². The molecule has 0 aliphatic rings. The molecule has 0 radical (unpaired) electrons. The van der Waals surface area contributed by atoms with E-state index in [0.717, 1.165) is 25.9 Å². The summed E-state index contributed by atoms with van der Waals surface area (Å²) in [4.78, 5) is 22.4. The van der Waals surface area contributed by atoms with Gasteiger partial charge in [-0.2, -0.15) is 0 Å². The van der Waals surface area contributed by atoms with Crippen LogP contribution in [0.15, 0.2) is 0 Å². The summed E-state index contributed by atoms with van der Waals surface area (Å²) in [5.41, 5.74) is 0. The molecule has 94 valence electrons. The van der Waals surface area contributed by atoms with Crippen LogP contribution in [-0.2, 0) is 9.59 Å². The van der Waals surface area contributed by atoms with Gasteiger partial charge in [-0.05, 0) is 40.0 Å². The second-order valence-corrected chi connectivity index (χ2v) is 3.43. The highest BCUT2D eigenvalue weighted by molar-refractivity contribution is 6.35. The van der Waals surface area contributed by atoms with E-state index < -0.39 is 11.8 Å². The third-order valence-corrected chi connectivity index (χ3v) is 1.98. The van der Waals surface area contributed by atoms with E-state index in [4.69, 9.17) is 0 Å². The van der Waals surface area contributed by atoms with E-state index in [9.17, 15) is 9.59 Å². The lowest BCUT2D eigenvalue weighted by Crippen LogP contribution is -2.41. The molecule has 0 aromatic rings. The first-order chi connectivity index (χ1) is 7.72. The Kier molecular flexibility index (Phi) is 9.64. The van der Waals surface area contributed by atoms with Gasteiger partial charge in [-0.15, -0.1) is 0 Å². The molecule has 4 N–H and O–H groups in total. The Balaban J connectivity index is 3.46. The number of hydrogen-bond acceptors (Lipinski definition) is 4. The molecule has 0 bridgehead atoms. The standard InChI is InChI=1S/C10H22N4O2/c1-11-5-3-7-13-9(15)10(16)14-8-4-6-12-2/h11-12H,3-8H2,1-2H3,(H,13,15)(H,14,16). The minimum absolute atomic E-state index is 0.517. The molecule has 2 amide bonds. The molecule has 0 fully saturated rings. The van der Waals surface area contributed by atoms with Gasteiger partial charge in [0.1, 0.15) is 0 Å². The number of carbonyl (C=O) groups excluding carboxylic acids is 2. The van der Waals surface area contributed by atoms with Crippen molar-refractivity contribution in [3.63, 3.8) is 0 Å². The summed E-state index contributed by atoms with van der Waals surface area (Å²) in [6.45, 7) is 2.68. The molecular formula is C10H22N4O2. The second-order valence-electron chi connectivity index (χ2n) is 3.43. The van der Waals surface area contributed by atoms with Crippen molar-refractivity contribution in [2.24, 2.45) is 0 Å². The lowest BCUT2D eigenvalue weighted by Gasteiger charge is -2.06. The first kappa shape index (κ1) is 14.9. The molecule has 0 rings (SSSR count). The predicted octanol–water partition coefficient (Wildman–Crippen LogP) is -1.56. The number of rotatable bonds is 8. The van der Waals surface area contributed by atoms with Gasteiger partial charge >= 0.3 is 11.8 Å². The van der Waals surface area contributed by atoms with E-state index in [1.807, 2.05) is 14.1 Å². The fourth-order valence-corrected chi connectivity index (χ4v) is 1.09. The van der Waals surface area contributed by atoms with Gasteiger partial charge < -0.3 is 21.3 Å². The fraction of sp³-hybridized carbons (Fsp3) is 0.800. The average molecular weight is 230 g/mol. The van der Waals surface area contributed by atoms with E-state index in [-0.39, 0.29) is 0 Å². The average Bonchev–Trinajstić information content (AvgIpc) is 2.29. The molecule has 0 spiro atoms. The number of carbonyl (C=O) groups is 2. The van der Waals surface area contributed by atoms with E-state index in [2.05, 4.69) is 21.3 Å². The maximum Gasteiger partial charge on any atom is 0.309 e. The molecule has 0 saturated heterocycles. The van der Waals surface area contributed by atoms with Crippen LogP contribution < -0.4 is 21.3 Å². The lowest BCUT2D eigenvalue weighted by molar-refractivity contribution is -0.139. The summed E-state index contributed by atoms with van der Waals surface area (Å²) < 4.78 is 0. The topological polar surface area (TPSA) is 82.3 Å². The van der Waals surface area contributed by atoms with E-state index in [1.54, 1.807) is 0 Å². The summed E-state index contributed by atoms with van der Waals surface area (Å²) in [6.07, 6.45) is 1.63. The molecule has 0 atom stereocenters. The van der Waals surface area contributed by atoms with Gasteiger partial charge in [0, 0.05) is 13.1 Å². The Labute approximate surface area is 96.5 Å². The minimum Gasteiger partial charge on any atom is -0.348 e. The van der Waals surface area contributed by atoms with Crippen molar-refractivity contribution < 1.29 is 9.59 Å². The maximum absolute atomic E-state index is 11.2. The SMILES string of the molecule is CNCCCNC(=O)C(=O)NCCCNC. The van der Waals surface area contributed by atoms with Crippen LogP contribution in [0.4, 0.5) is 0 Å². The summed E-state index contributed by atoms with van der Waals surface area (Å²) in [6, 6.07) is 0. The monoisotopic (exact) mass is 230 g/mol. The highest BCUT2D eigenvalue weighted by Gasteiger charge is 2.10. The van der Waals surface area contributed by atoms with Crippen molar-refractivity contribution in [2.75, 3.05) is 40.3 Å². The van der Waals surface area contributed by atoms with Gasteiger partial charge in [-0.25, -0.2) is 0 Å². The van der Waals surface area contributed by atoms with Crippen LogP contribution in [0.25, 0.3) is 0 Å². The molecule has 0 aromatic heterocycles. The predicted molar refractivity (Wildman–Crippen MR) is 63.1 cm³/mol. The summed E-state index contributed by atoms with van der Waals surface area (Å²) in [5.74, 6) is -1.11. The maximum atomic E-state index is 11.2. The smallest absolute Gasteiger partial charge is 0.309 e. The van der Waals surface area contributed by atoms with Crippen LogP contribution in [0.5, 0.6) is 0 Å². The quantitative estimate of drug-likeness (QED) is 0.300.